The van der Waals surface area contributed by atoms with Gasteiger partial charge in [-0.15, -0.1) is 0 Å². The molecule has 0 spiro atoms. The minimum atomic E-state index is 0.551. The lowest BCUT2D eigenvalue weighted by Crippen LogP contribution is -2.39. The lowest BCUT2D eigenvalue weighted by atomic mass is 10.0. The number of hydrogen-bond donors (Lipinski definition) is 1. The van der Waals surface area contributed by atoms with E-state index in [2.05, 4.69) is 70.7 Å². The Morgan fingerprint density at radius 2 is 1.93 bits per heavy atom. The Bertz CT molecular complexity index is 806. The second-order valence-corrected chi connectivity index (χ2v) is 7.64. The van der Waals surface area contributed by atoms with Crippen LogP contribution in [-0.4, -0.2) is 57.9 Å². The molecule has 1 unspecified atom stereocenters. The molecule has 1 fully saturated rings. The van der Waals surface area contributed by atoms with Crippen molar-refractivity contribution < 1.29 is 9.47 Å². The number of ether oxygens (including phenoxy) is 2. The molecule has 1 heterocycles. The molecule has 3 rings (SSSR count). The molecule has 2 aromatic rings. The molecule has 5 nitrogen and oxygen atoms in total. The van der Waals surface area contributed by atoms with Crippen LogP contribution in [0, 0.1) is 12.8 Å². The molecular weight excluding hydrogens is 362 g/mol. The van der Waals surface area contributed by atoms with Crippen molar-refractivity contribution in [1.29, 1.82) is 0 Å². The molecule has 29 heavy (non-hydrogen) atoms. The first kappa shape index (κ1) is 21.3. The van der Waals surface area contributed by atoms with Crippen molar-refractivity contribution in [3.05, 3.63) is 59.7 Å². The number of benzene rings is 2. The highest BCUT2D eigenvalue weighted by Crippen LogP contribution is 2.22. The van der Waals surface area contributed by atoms with Crippen LogP contribution in [0.15, 0.2) is 53.5 Å². The molecular formula is C24H33N3O2. The third kappa shape index (κ3) is 6.31. The van der Waals surface area contributed by atoms with Crippen LogP contribution in [0.3, 0.4) is 0 Å². The maximum atomic E-state index is 5.70. The molecule has 156 valence electrons. The second kappa shape index (κ2) is 11.0. The highest BCUT2D eigenvalue weighted by molar-refractivity contribution is 5.80. The van der Waals surface area contributed by atoms with Crippen molar-refractivity contribution in [1.82, 2.24) is 10.2 Å². The zero-order valence-corrected chi connectivity index (χ0v) is 17.9. The van der Waals surface area contributed by atoms with Crippen LogP contribution in [0.25, 0.3) is 11.1 Å². The summed E-state index contributed by atoms with van der Waals surface area (Å²) in [5, 5.41) is 3.53. The van der Waals surface area contributed by atoms with E-state index in [1.165, 1.54) is 22.3 Å². The molecule has 1 aliphatic heterocycles. The maximum absolute atomic E-state index is 5.70. The molecule has 1 aliphatic rings. The summed E-state index contributed by atoms with van der Waals surface area (Å²) in [7, 11) is 3.56. The molecule has 0 radical (unpaired) electrons. The van der Waals surface area contributed by atoms with E-state index in [1.807, 2.05) is 7.05 Å². The van der Waals surface area contributed by atoms with E-state index < -0.39 is 0 Å². The van der Waals surface area contributed by atoms with Gasteiger partial charge in [-0.05, 0) is 36.1 Å². The monoisotopic (exact) mass is 395 g/mol. The number of hydrogen-bond acceptors (Lipinski definition) is 3. The van der Waals surface area contributed by atoms with E-state index >= 15 is 0 Å². The second-order valence-electron chi connectivity index (χ2n) is 7.64. The third-order valence-electron chi connectivity index (χ3n) is 5.31. The number of nitrogens with zero attached hydrogens (tertiary/aromatic N) is 2. The van der Waals surface area contributed by atoms with Gasteiger partial charge in [0.2, 0.25) is 0 Å². The smallest absolute Gasteiger partial charge is 0.193 e. The molecule has 1 saturated heterocycles. The normalized spacial score (nSPS) is 17.0. The van der Waals surface area contributed by atoms with Gasteiger partial charge in [-0.25, -0.2) is 0 Å². The molecule has 1 N–H and O–H groups in total. The van der Waals surface area contributed by atoms with Gasteiger partial charge in [0.15, 0.2) is 5.96 Å². The quantitative estimate of drug-likeness (QED) is 0.420. The third-order valence-corrected chi connectivity index (χ3v) is 5.31. The van der Waals surface area contributed by atoms with Crippen LogP contribution in [-0.2, 0) is 16.0 Å². The summed E-state index contributed by atoms with van der Waals surface area (Å²) in [6, 6.07) is 17.3. The SMILES string of the molecule is CN=C(NCc1cccc(-c2cccc(C)c2)c1)N1CCC(COCCOC)C1. The van der Waals surface area contributed by atoms with E-state index in [-0.39, 0.29) is 0 Å². The Morgan fingerprint density at radius 3 is 2.69 bits per heavy atom. The van der Waals surface area contributed by atoms with Crippen molar-refractivity contribution in [3.63, 3.8) is 0 Å². The predicted octanol–water partition coefficient (Wildman–Crippen LogP) is 3.72. The van der Waals surface area contributed by atoms with Gasteiger partial charge >= 0.3 is 0 Å². The van der Waals surface area contributed by atoms with Crippen molar-refractivity contribution in [2.45, 2.75) is 19.9 Å². The van der Waals surface area contributed by atoms with Gasteiger partial charge in [0.25, 0.3) is 0 Å². The topological polar surface area (TPSA) is 46.1 Å². The van der Waals surface area contributed by atoms with E-state index in [0.29, 0.717) is 19.1 Å². The van der Waals surface area contributed by atoms with Gasteiger partial charge in [-0.2, -0.15) is 0 Å². The molecule has 1 atom stereocenters. The Morgan fingerprint density at radius 1 is 1.14 bits per heavy atom. The highest BCUT2D eigenvalue weighted by Gasteiger charge is 2.24. The average molecular weight is 396 g/mol. The number of aryl methyl sites for hydroxylation is 1. The zero-order valence-electron chi connectivity index (χ0n) is 17.9. The van der Waals surface area contributed by atoms with Crippen molar-refractivity contribution >= 4 is 5.96 Å². The van der Waals surface area contributed by atoms with Crippen LogP contribution in [0.5, 0.6) is 0 Å². The lowest BCUT2D eigenvalue weighted by molar-refractivity contribution is 0.0536. The molecule has 2 aromatic carbocycles. The van der Waals surface area contributed by atoms with Gasteiger partial charge in [0, 0.05) is 39.7 Å². The van der Waals surface area contributed by atoms with Gasteiger partial charge in [-0.1, -0.05) is 48.0 Å². The van der Waals surface area contributed by atoms with Crippen LogP contribution in [0.1, 0.15) is 17.5 Å². The number of nitrogens with one attached hydrogen (secondary N) is 1. The molecule has 0 aliphatic carbocycles. The fraction of sp³-hybridized carbons (Fsp3) is 0.458. The maximum Gasteiger partial charge on any atom is 0.193 e. The Hall–Kier alpha value is -2.37. The van der Waals surface area contributed by atoms with Crippen LogP contribution in [0.4, 0.5) is 0 Å². The van der Waals surface area contributed by atoms with Gasteiger partial charge in [0.1, 0.15) is 0 Å². The number of guanidine groups is 1. The summed E-state index contributed by atoms with van der Waals surface area (Å²) in [6.45, 7) is 6.99. The van der Waals surface area contributed by atoms with E-state index in [1.54, 1.807) is 7.11 Å². The first-order chi connectivity index (χ1) is 14.2. The molecule has 0 saturated carbocycles. The van der Waals surface area contributed by atoms with E-state index in [0.717, 1.165) is 38.6 Å². The number of likely N-dealkylation sites (tertiary alicyclic amines) is 1. The standard InChI is InChI=1S/C24H33N3O2/c1-19-6-4-8-22(14-19)23-9-5-7-20(15-23)16-26-24(25-2)27-11-10-21(17-27)18-29-13-12-28-3/h4-9,14-15,21H,10-13,16-18H2,1-3H3,(H,25,26). The van der Waals surface area contributed by atoms with Crippen molar-refractivity contribution in [2.24, 2.45) is 10.9 Å². The van der Waals surface area contributed by atoms with Crippen molar-refractivity contribution in [3.8, 4) is 11.1 Å². The Balaban J connectivity index is 1.53. The Labute approximate surface area is 174 Å². The first-order valence-corrected chi connectivity index (χ1v) is 10.4. The fourth-order valence-electron chi connectivity index (χ4n) is 3.75. The van der Waals surface area contributed by atoms with Crippen molar-refractivity contribution in [2.75, 3.05) is 47.1 Å². The molecule has 0 aromatic heterocycles. The minimum absolute atomic E-state index is 0.551. The average Bonchev–Trinajstić information content (AvgIpc) is 3.21. The van der Waals surface area contributed by atoms with Crippen LogP contribution < -0.4 is 5.32 Å². The van der Waals surface area contributed by atoms with E-state index in [4.69, 9.17) is 9.47 Å². The predicted molar refractivity (Wildman–Crippen MR) is 119 cm³/mol. The summed E-state index contributed by atoms with van der Waals surface area (Å²) in [4.78, 5) is 6.82. The Kier molecular flexibility index (Phi) is 8.08. The van der Waals surface area contributed by atoms with Crippen LogP contribution >= 0.6 is 0 Å². The summed E-state index contributed by atoms with van der Waals surface area (Å²) in [5.74, 6) is 1.51. The first-order valence-electron chi connectivity index (χ1n) is 10.4. The molecule has 0 bridgehead atoms. The fourth-order valence-corrected chi connectivity index (χ4v) is 3.75. The van der Waals surface area contributed by atoms with Gasteiger partial charge in [-0.3, -0.25) is 4.99 Å². The van der Waals surface area contributed by atoms with E-state index in [9.17, 15) is 0 Å². The summed E-state index contributed by atoms with van der Waals surface area (Å²) >= 11 is 0. The van der Waals surface area contributed by atoms with Crippen LogP contribution in [0.2, 0.25) is 0 Å². The molecule has 5 heteroatoms. The number of aliphatic imine (C=N–C) groups is 1. The largest absolute Gasteiger partial charge is 0.382 e. The lowest BCUT2D eigenvalue weighted by Gasteiger charge is -2.22. The molecule has 0 amide bonds. The minimum Gasteiger partial charge on any atom is -0.382 e. The van der Waals surface area contributed by atoms with Gasteiger partial charge < -0.3 is 19.7 Å². The summed E-state index contributed by atoms with van der Waals surface area (Å²) in [5.41, 5.74) is 5.04. The number of methoxy groups -OCH3 is 1. The van der Waals surface area contributed by atoms with Gasteiger partial charge in [0.05, 0.1) is 19.8 Å². The zero-order chi connectivity index (χ0) is 20.5. The highest BCUT2D eigenvalue weighted by atomic mass is 16.5. The number of rotatable bonds is 8. The summed E-state index contributed by atoms with van der Waals surface area (Å²) < 4.78 is 10.7. The summed E-state index contributed by atoms with van der Waals surface area (Å²) in [6.07, 6.45) is 1.14.